The van der Waals surface area contributed by atoms with E-state index >= 15 is 0 Å². The van der Waals surface area contributed by atoms with Crippen LogP contribution < -0.4 is 0 Å². The topological polar surface area (TPSA) is 36.7 Å². The smallest absolute Gasteiger partial charge is 0.265 e. The number of nitrogens with zero attached hydrogens (tertiary/aromatic N) is 2. The van der Waals surface area contributed by atoms with Gasteiger partial charge in [0.25, 0.3) is 0 Å². The number of hydrogen-bond donors (Lipinski definition) is 0. The molecule has 2 rings (SSSR count). The van der Waals surface area contributed by atoms with E-state index in [0.717, 1.165) is 6.07 Å². The molecule has 0 bridgehead atoms. The van der Waals surface area contributed by atoms with E-state index in [-0.39, 0.29) is 11.1 Å². The molecular formula is C13H7F3N2. The molecule has 0 saturated carbocycles. The first-order valence-corrected chi connectivity index (χ1v) is 5.04. The lowest BCUT2D eigenvalue weighted by atomic mass is 9.96. The number of benzene rings is 1. The monoisotopic (exact) mass is 248 g/mol. The van der Waals surface area contributed by atoms with Gasteiger partial charge in [0.05, 0.1) is 11.1 Å². The van der Waals surface area contributed by atoms with Gasteiger partial charge in [-0.05, 0) is 23.8 Å². The van der Waals surface area contributed by atoms with Crippen LogP contribution in [0, 0.1) is 11.3 Å². The van der Waals surface area contributed by atoms with Crippen molar-refractivity contribution in [3.8, 4) is 17.2 Å². The van der Waals surface area contributed by atoms with E-state index in [1.807, 2.05) is 0 Å². The summed E-state index contributed by atoms with van der Waals surface area (Å²) in [5, 5.41) is 8.96. The molecule has 90 valence electrons. The number of hydrogen-bond acceptors (Lipinski definition) is 2. The Balaban J connectivity index is 2.68. The summed E-state index contributed by atoms with van der Waals surface area (Å²) in [7, 11) is 0. The first kappa shape index (κ1) is 12.1. The van der Waals surface area contributed by atoms with Crippen LogP contribution >= 0.6 is 0 Å². The summed E-state index contributed by atoms with van der Waals surface area (Å²) in [5.41, 5.74) is -0.488. The van der Waals surface area contributed by atoms with E-state index < -0.39 is 11.7 Å². The van der Waals surface area contributed by atoms with E-state index in [2.05, 4.69) is 4.98 Å². The predicted molar refractivity (Wildman–Crippen MR) is 59.4 cm³/mol. The van der Waals surface area contributed by atoms with Gasteiger partial charge in [-0.1, -0.05) is 12.1 Å². The van der Waals surface area contributed by atoms with Gasteiger partial charge < -0.3 is 0 Å². The second kappa shape index (κ2) is 4.49. The van der Waals surface area contributed by atoms with Gasteiger partial charge in [0.1, 0.15) is 6.07 Å². The lowest BCUT2D eigenvalue weighted by Crippen LogP contribution is -2.08. The fourth-order valence-corrected chi connectivity index (χ4v) is 1.68. The molecule has 1 aromatic heterocycles. The summed E-state index contributed by atoms with van der Waals surface area (Å²) in [4.78, 5) is 3.79. The van der Waals surface area contributed by atoms with Gasteiger partial charge in [0, 0.05) is 18.0 Å². The van der Waals surface area contributed by atoms with Gasteiger partial charge >= 0.3 is 6.18 Å². The number of aromatic nitrogens is 1. The van der Waals surface area contributed by atoms with Gasteiger partial charge in [0.2, 0.25) is 0 Å². The standard InChI is InChI=1S/C13H7F3N2/c14-13(15,16)12-3-1-2-10(11(12)8-17)9-4-6-18-7-5-9/h1-7H. The molecule has 0 spiro atoms. The SMILES string of the molecule is N#Cc1c(-c2ccncc2)cccc1C(F)(F)F. The fraction of sp³-hybridized carbons (Fsp3) is 0.0769. The average molecular weight is 248 g/mol. The van der Waals surface area contributed by atoms with Gasteiger partial charge in [-0.25, -0.2) is 0 Å². The third-order valence-corrected chi connectivity index (χ3v) is 2.47. The van der Waals surface area contributed by atoms with Crippen molar-refractivity contribution < 1.29 is 13.2 Å². The van der Waals surface area contributed by atoms with E-state index in [4.69, 9.17) is 5.26 Å². The highest BCUT2D eigenvalue weighted by Gasteiger charge is 2.34. The Bertz CT molecular complexity index is 598. The van der Waals surface area contributed by atoms with Crippen LogP contribution in [0.15, 0.2) is 42.7 Å². The average Bonchev–Trinajstić information content (AvgIpc) is 2.37. The Labute approximate surface area is 101 Å². The highest BCUT2D eigenvalue weighted by molar-refractivity contribution is 5.72. The number of alkyl halides is 3. The summed E-state index contributed by atoms with van der Waals surface area (Å²) < 4.78 is 38.3. The van der Waals surface area contributed by atoms with Gasteiger partial charge in [-0.3, -0.25) is 4.98 Å². The number of pyridine rings is 1. The third kappa shape index (κ3) is 2.18. The normalized spacial score (nSPS) is 11.0. The van der Waals surface area contributed by atoms with Crippen molar-refractivity contribution in [3.63, 3.8) is 0 Å². The molecule has 2 aromatic rings. The highest BCUT2D eigenvalue weighted by Crippen LogP contribution is 2.35. The Morgan fingerprint density at radius 2 is 1.72 bits per heavy atom. The number of nitriles is 1. The van der Waals surface area contributed by atoms with Crippen LogP contribution in [0.4, 0.5) is 13.2 Å². The lowest BCUT2D eigenvalue weighted by molar-refractivity contribution is -0.137. The molecule has 0 unspecified atom stereocenters. The van der Waals surface area contributed by atoms with Crippen molar-refractivity contribution in [1.82, 2.24) is 4.98 Å². The zero-order valence-electron chi connectivity index (χ0n) is 9.07. The molecule has 0 amide bonds. The van der Waals surface area contributed by atoms with Crippen molar-refractivity contribution in [2.75, 3.05) is 0 Å². The van der Waals surface area contributed by atoms with Crippen molar-refractivity contribution in [3.05, 3.63) is 53.9 Å². The second-order valence-electron chi connectivity index (χ2n) is 3.57. The molecule has 0 aliphatic heterocycles. The van der Waals surface area contributed by atoms with Crippen molar-refractivity contribution >= 4 is 0 Å². The second-order valence-corrected chi connectivity index (χ2v) is 3.57. The number of rotatable bonds is 1. The highest BCUT2D eigenvalue weighted by atomic mass is 19.4. The minimum absolute atomic E-state index is 0.259. The van der Waals surface area contributed by atoms with Gasteiger partial charge in [0.15, 0.2) is 0 Å². The molecule has 0 atom stereocenters. The Morgan fingerprint density at radius 3 is 2.28 bits per heavy atom. The molecule has 0 saturated heterocycles. The van der Waals surface area contributed by atoms with E-state index in [1.54, 1.807) is 18.2 Å². The first-order chi connectivity index (χ1) is 8.54. The van der Waals surface area contributed by atoms with Crippen LogP contribution in [0.1, 0.15) is 11.1 Å². The molecule has 0 aliphatic rings. The Morgan fingerprint density at radius 1 is 1.06 bits per heavy atom. The zero-order valence-corrected chi connectivity index (χ0v) is 9.07. The maximum Gasteiger partial charge on any atom is 0.417 e. The lowest BCUT2D eigenvalue weighted by Gasteiger charge is -2.12. The van der Waals surface area contributed by atoms with Crippen LogP contribution in [-0.4, -0.2) is 4.98 Å². The number of halogens is 3. The maximum atomic E-state index is 12.8. The summed E-state index contributed by atoms with van der Waals surface area (Å²) in [6.07, 6.45) is -1.60. The van der Waals surface area contributed by atoms with Gasteiger partial charge in [-0.2, -0.15) is 18.4 Å². The molecule has 0 N–H and O–H groups in total. The molecule has 18 heavy (non-hydrogen) atoms. The van der Waals surface area contributed by atoms with Crippen molar-refractivity contribution in [2.24, 2.45) is 0 Å². The van der Waals surface area contributed by atoms with E-state index in [9.17, 15) is 13.2 Å². The molecule has 1 aromatic carbocycles. The first-order valence-electron chi connectivity index (χ1n) is 5.04. The molecule has 1 heterocycles. The summed E-state index contributed by atoms with van der Waals surface area (Å²) in [6.45, 7) is 0. The van der Waals surface area contributed by atoms with Crippen LogP contribution in [0.25, 0.3) is 11.1 Å². The molecular weight excluding hydrogens is 241 g/mol. The summed E-state index contributed by atoms with van der Waals surface area (Å²) >= 11 is 0. The predicted octanol–water partition coefficient (Wildman–Crippen LogP) is 3.64. The fourth-order valence-electron chi connectivity index (χ4n) is 1.68. The molecule has 0 radical (unpaired) electrons. The van der Waals surface area contributed by atoms with Crippen molar-refractivity contribution in [1.29, 1.82) is 5.26 Å². The minimum Gasteiger partial charge on any atom is -0.265 e. The quantitative estimate of drug-likeness (QED) is 0.772. The molecule has 0 fully saturated rings. The van der Waals surface area contributed by atoms with E-state index in [1.165, 1.54) is 24.5 Å². The van der Waals surface area contributed by atoms with Crippen molar-refractivity contribution in [2.45, 2.75) is 6.18 Å². The Kier molecular flexibility index (Phi) is 3.02. The van der Waals surface area contributed by atoms with E-state index in [0.29, 0.717) is 5.56 Å². The van der Waals surface area contributed by atoms with Gasteiger partial charge in [-0.15, -0.1) is 0 Å². The summed E-state index contributed by atoms with van der Waals surface area (Å²) in [6, 6.07) is 8.45. The van der Waals surface area contributed by atoms with Crippen LogP contribution in [-0.2, 0) is 6.18 Å². The van der Waals surface area contributed by atoms with Crippen LogP contribution in [0.3, 0.4) is 0 Å². The largest absolute Gasteiger partial charge is 0.417 e. The zero-order chi connectivity index (χ0) is 13.2. The summed E-state index contributed by atoms with van der Waals surface area (Å²) in [5.74, 6) is 0. The van der Waals surface area contributed by atoms with Crippen LogP contribution in [0.5, 0.6) is 0 Å². The maximum absolute atomic E-state index is 12.8. The molecule has 0 aliphatic carbocycles. The Hall–Kier alpha value is -2.35. The van der Waals surface area contributed by atoms with Crippen LogP contribution in [0.2, 0.25) is 0 Å². The minimum atomic E-state index is -4.53. The molecule has 2 nitrogen and oxygen atoms in total. The molecule has 5 heteroatoms. The third-order valence-electron chi connectivity index (χ3n) is 2.47.